The topological polar surface area (TPSA) is 69.4 Å². The third-order valence-corrected chi connectivity index (χ3v) is 1.80. The van der Waals surface area contributed by atoms with Gasteiger partial charge < -0.3 is 10.5 Å². The Morgan fingerprint density at radius 3 is 2.14 bits per heavy atom. The van der Waals surface area contributed by atoms with Gasteiger partial charge in [-0.25, -0.2) is 4.79 Å². The van der Waals surface area contributed by atoms with Crippen molar-refractivity contribution < 1.29 is 14.3 Å². The number of hydrogen-bond acceptors (Lipinski definition) is 3. The van der Waals surface area contributed by atoms with Crippen LogP contribution in [-0.4, -0.2) is 11.9 Å². The van der Waals surface area contributed by atoms with Gasteiger partial charge in [0.2, 0.25) is 0 Å². The molecule has 1 amide bonds. The summed E-state index contributed by atoms with van der Waals surface area (Å²) in [4.78, 5) is 21.4. The van der Waals surface area contributed by atoms with Gasteiger partial charge in [-0.3, -0.25) is 4.79 Å². The van der Waals surface area contributed by atoms with Crippen molar-refractivity contribution in [2.75, 3.05) is 0 Å². The summed E-state index contributed by atoms with van der Waals surface area (Å²) in [5.41, 5.74) is 6.35. The average molecular weight is 193 g/mol. The summed E-state index contributed by atoms with van der Waals surface area (Å²) in [6.07, 6.45) is 0. The van der Waals surface area contributed by atoms with Crippen molar-refractivity contribution in [1.29, 1.82) is 0 Å². The lowest BCUT2D eigenvalue weighted by Crippen LogP contribution is -2.28. The molecule has 4 nitrogen and oxygen atoms in total. The van der Waals surface area contributed by atoms with Crippen molar-refractivity contribution in [3.8, 4) is 5.75 Å². The lowest BCUT2D eigenvalue weighted by atomic mass is 10.1. The molecule has 1 rings (SSSR count). The Kier molecular flexibility index (Phi) is 2.86. The minimum atomic E-state index is -1.09. The highest BCUT2D eigenvalue weighted by Gasteiger charge is 2.14. The smallest absolute Gasteiger partial charge is 0.401 e. The molecule has 0 saturated carbocycles. The van der Waals surface area contributed by atoms with Gasteiger partial charge in [0.1, 0.15) is 5.75 Å². The SMILES string of the molecule is Cc1cccc(C)c1OC(=O)C(N)=O. The molecule has 4 heteroatoms. The molecule has 0 radical (unpaired) electrons. The van der Waals surface area contributed by atoms with Crippen molar-refractivity contribution in [1.82, 2.24) is 0 Å². The van der Waals surface area contributed by atoms with E-state index in [1.165, 1.54) is 0 Å². The van der Waals surface area contributed by atoms with Gasteiger partial charge in [-0.15, -0.1) is 0 Å². The number of carbonyl (C=O) groups is 2. The van der Waals surface area contributed by atoms with Crippen LogP contribution in [0.4, 0.5) is 0 Å². The number of para-hydroxylation sites is 1. The number of esters is 1. The fourth-order valence-corrected chi connectivity index (χ4v) is 1.10. The normalized spacial score (nSPS) is 9.57. The first kappa shape index (κ1) is 10.2. The molecule has 0 heterocycles. The van der Waals surface area contributed by atoms with Crippen LogP contribution in [0.2, 0.25) is 0 Å². The van der Waals surface area contributed by atoms with Crippen LogP contribution in [0.5, 0.6) is 5.75 Å². The number of aryl methyl sites for hydroxylation is 2. The third-order valence-electron chi connectivity index (χ3n) is 1.80. The maximum absolute atomic E-state index is 10.9. The van der Waals surface area contributed by atoms with E-state index in [9.17, 15) is 9.59 Å². The molecule has 0 bridgehead atoms. The fourth-order valence-electron chi connectivity index (χ4n) is 1.10. The number of hydrogen-bond donors (Lipinski definition) is 1. The second-order valence-electron chi connectivity index (χ2n) is 2.97. The maximum Gasteiger partial charge on any atom is 0.401 e. The number of ether oxygens (including phenoxy) is 1. The maximum atomic E-state index is 10.9. The molecular weight excluding hydrogens is 182 g/mol. The van der Waals surface area contributed by atoms with Crippen LogP contribution in [0.1, 0.15) is 11.1 Å². The highest BCUT2D eigenvalue weighted by molar-refractivity contribution is 6.32. The molecule has 0 atom stereocenters. The second-order valence-corrected chi connectivity index (χ2v) is 2.97. The Bertz CT molecular complexity index is 365. The molecular formula is C10H11NO3. The summed E-state index contributed by atoms with van der Waals surface area (Å²) in [6, 6.07) is 5.42. The molecule has 14 heavy (non-hydrogen) atoms. The fraction of sp³-hybridized carbons (Fsp3) is 0.200. The van der Waals surface area contributed by atoms with Crippen LogP contribution in [0.25, 0.3) is 0 Å². The highest BCUT2D eigenvalue weighted by atomic mass is 16.5. The Balaban J connectivity index is 2.97. The molecule has 0 aromatic heterocycles. The molecule has 0 aliphatic heterocycles. The van der Waals surface area contributed by atoms with Gasteiger partial charge in [-0.05, 0) is 25.0 Å². The molecule has 2 N–H and O–H groups in total. The van der Waals surface area contributed by atoms with Crippen LogP contribution >= 0.6 is 0 Å². The molecule has 1 aromatic carbocycles. The molecule has 74 valence electrons. The van der Waals surface area contributed by atoms with Crippen molar-refractivity contribution >= 4 is 11.9 Å². The van der Waals surface area contributed by atoms with Gasteiger partial charge in [0.15, 0.2) is 0 Å². The Morgan fingerprint density at radius 2 is 1.71 bits per heavy atom. The van der Waals surface area contributed by atoms with Crippen LogP contribution in [0.3, 0.4) is 0 Å². The van der Waals surface area contributed by atoms with Gasteiger partial charge >= 0.3 is 11.9 Å². The van der Waals surface area contributed by atoms with E-state index in [1.807, 2.05) is 6.07 Å². The zero-order chi connectivity index (χ0) is 10.7. The summed E-state index contributed by atoms with van der Waals surface area (Å²) >= 11 is 0. The van der Waals surface area contributed by atoms with E-state index in [0.717, 1.165) is 11.1 Å². The van der Waals surface area contributed by atoms with Crippen molar-refractivity contribution in [3.63, 3.8) is 0 Å². The quantitative estimate of drug-likeness (QED) is 0.405. The average Bonchev–Trinajstić information content (AvgIpc) is 2.11. The molecule has 0 spiro atoms. The summed E-state index contributed by atoms with van der Waals surface area (Å²) in [5, 5.41) is 0. The first-order valence-electron chi connectivity index (χ1n) is 4.10. The Hall–Kier alpha value is -1.84. The number of amides is 1. The van der Waals surface area contributed by atoms with Crippen LogP contribution < -0.4 is 10.5 Å². The summed E-state index contributed by atoms with van der Waals surface area (Å²) in [7, 11) is 0. The number of nitrogens with two attached hydrogens (primary N) is 1. The van der Waals surface area contributed by atoms with Gasteiger partial charge in [0, 0.05) is 0 Å². The zero-order valence-electron chi connectivity index (χ0n) is 8.03. The molecule has 1 aromatic rings. The van der Waals surface area contributed by atoms with E-state index in [1.54, 1.807) is 26.0 Å². The predicted octanol–water partition coefficient (Wildman–Crippen LogP) is 0.694. The van der Waals surface area contributed by atoms with E-state index >= 15 is 0 Å². The lowest BCUT2D eigenvalue weighted by molar-refractivity contribution is -0.146. The molecule has 0 aliphatic carbocycles. The van der Waals surface area contributed by atoms with Crippen LogP contribution in [-0.2, 0) is 9.59 Å². The summed E-state index contributed by atoms with van der Waals surface area (Å²) in [5.74, 6) is -1.73. The van der Waals surface area contributed by atoms with Crippen molar-refractivity contribution in [2.45, 2.75) is 13.8 Å². The largest absolute Gasteiger partial charge is 0.419 e. The Morgan fingerprint density at radius 1 is 1.21 bits per heavy atom. The minimum absolute atomic E-state index is 0.399. The van der Waals surface area contributed by atoms with Gasteiger partial charge in [0.05, 0.1) is 0 Å². The van der Waals surface area contributed by atoms with Gasteiger partial charge in [-0.1, -0.05) is 18.2 Å². The first-order valence-corrected chi connectivity index (χ1v) is 4.10. The van der Waals surface area contributed by atoms with Crippen molar-refractivity contribution in [2.24, 2.45) is 5.73 Å². The van der Waals surface area contributed by atoms with Crippen LogP contribution in [0, 0.1) is 13.8 Å². The predicted molar refractivity (Wildman–Crippen MR) is 50.7 cm³/mol. The van der Waals surface area contributed by atoms with Gasteiger partial charge in [0.25, 0.3) is 0 Å². The molecule has 0 saturated heterocycles. The highest BCUT2D eigenvalue weighted by Crippen LogP contribution is 2.22. The number of benzene rings is 1. The second kappa shape index (κ2) is 3.91. The first-order chi connectivity index (χ1) is 6.52. The number of primary amides is 1. The van der Waals surface area contributed by atoms with E-state index in [-0.39, 0.29) is 0 Å². The standard InChI is InChI=1S/C10H11NO3/c1-6-4-3-5-7(2)8(6)14-10(13)9(11)12/h3-5H,1-2H3,(H2,11,12). The lowest BCUT2D eigenvalue weighted by Gasteiger charge is -2.07. The minimum Gasteiger partial charge on any atom is -0.419 e. The van der Waals surface area contributed by atoms with E-state index in [2.05, 4.69) is 0 Å². The number of carbonyl (C=O) groups excluding carboxylic acids is 2. The van der Waals surface area contributed by atoms with Crippen LogP contribution in [0.15, 0.2) is 18.2 Å². The Labute approximate surface area is 81.7 Å². The monoisotopic (exact) mass is 193 g/mol. The summed E-state index contributed by atoms with van der Waals surface area (Å²) < 4.78 is 4.82. The van der Waals surface area contributed by atoms with E-state index in [0.29, 0.717) is 5.75 Å². The molecule has 0 fully saturated rings. The van der Waals surface area contributed by atoms with Gasteiger partial charge in [-0.2, -0.15) is 0 Å². The van der Waals surface area contributed by atoms with E-state index < -0.39 is 11.9 Å². The zero-order valence-corrected chi connectivity index (χ0v) is 8.03. The summed E-state index contributed by atoms with van der Waals surface area (Å²) in [6.45, 7) is 3.58. The van der Waals surface area contributed by atoms with E-state index in [4.69, 9.17) is 10.5 Å². The molecule has 0 aliphatic rings. The van der Waals surface area contributed by atoms with Crippen molar-refractivity contribution in [3.05, 3.63) is 29.3 Å². The third kappa shape index (κ3) is 2.10. The number of rotatable bonds is 1. The molecule has 0 unspecified atom stereocenters.